The number of rotatable bonds is 59. The Kier molecular flexibility index (Phi) is 51.3. The minimum Gasteiger partial charge on any atom is -0.462 e. The van der Waals surface area contributed by atoms with Crippen LogP contribution >= 0.6 is 15.6 Å². The zero-order chi connectivity index (χ0) is 59.5. The van der Waals surface area contributed by atoms with E-state index >= 15 is 0 Å². The zero-order valence-corrected chi connectivity index (χ0v) is 53.3. The number of hydrogen-bond acceptors (Lipinski definition) is 15. The van der Waals surface area contributed by atoms with Gasteiger partial charge in [0.25, 0.3) is 0 Å². The normalized spacial score (nSPS) is 14.8. The Hall–Kier alpha value is -1.94. The van der Waals surface area contributed by atoms with Gasteiger partial charge < -0.3 is 33.8 Å². The highest BCUT2D eigenvalue weighted by molar-refractivity contribution is 7.47. The summed E-state index contributed by atoms with van der Waals surface area (Å²) < 4.78 is 67.8. The van der Waals surface area contributed by atoms with E-state index < -0.39 is 97.5 Å². The molecule has 0 bridgehead atoms. The van der Waals surface area contributed by atoms with Crippen LogP contribution in [0.2, 0.25) is 0 Å². The van der Waals surface area contributed by atoms with Crippen molar-refractivity contribution in [2.24, 2.45) is 17.8 Å². The van der Waals surface area contributed by atoms with Crippen molar-refractivity contribution in [3.63, 3.8) is 0 Å². The van der Waals surface area contributed by atoms with Crippen LogP contribution in [0.5, 0.6) is 0 Å². The Balaban J connectivity index is 5.24. The SMILES string of the molecule is CCCCCCCCCCCCCCC(=O)O[C@H](COC(=O)CCCCCCCCC(C)CC)COP(=O)(O)OC[C@@H](O)COP(=O)(O)OC[C@@H](COC(=O)CCCCCCCCC(C)C)OC(=O)CCCCCCCCC(C)C. The molecule has 0 aromatic carbocycles. The summed E-state index contributed by atoms with van der Waals surface area (Å²) in [5.74, 6) is -0.0660. The summed E-state index contributed by atoms with van der Waals surface area (Å²) in [6, 6.07) is 0. The third-order valence-corrected chi connectivity index (χ3v) is 16.1. The van der Waals surface area contributed by atoms with Gasteiger partial charge in [0, 0.05) is 25.7 Å². The van der Waals surface area contributed by atoms with Crippen LogP contribution in [0.3, 0.4) is 0 Å². The summed E-state index contributed by atoms with van der Waals surface area (Å²) in [6.45, 7) is 11.5. The van der Waals surface area contributed by atoms with Crippen molar-refractivity contribution < 1.29 is 80.2 Å². The first-order valence-corrected chi connectivity index (χ1v) is 34.9. The number of aliphatic hydroxyl groups is 1. The minimum atomic E-state index is -4.94. The molecule has 0 heterocycles. The largest absolute Gasteiger partial charge is 0.472 e. The molecule has 6 atom stereocenters. The van der Waals surface area contributed by atoms with Gasteiger partial charge in [0.1, 0.15) is 19.3 Å². The van der Waals surface area contributed by atoms with Crippen LogP contribution in [0.4, 0.5) is 0 Å². The molecule has 17 nitrogen and oxygen atoms in total. The average Bonchev–Trinajstić information content (AvgIpc) is 3.41. The molecular formula is C61H118O17P2. The van der Waals surface area contributed by atoms with Crippen molar-refractivity contribution in [3.05, 3.63) is 0 Å². The van der Waals surface area contributed by atoms with Gasteiger partial charge in [-0.3, -0.25) is 37.3 Å². The number of unbranched alkanes of at least 4 members (excludes halogenated alkanes) is 26. The number of phosphoric acid groups is 2. The van der Waals surface area contributed by atoms with Crippen LogP contribution < -0.4 is 0 Å². The maximum Gasteiger partial charge on any atom is 0.472 e. The molecule has 0 rings (SSSR count). The van der Waals surface area contributed by atoms with Crippen LogP contribution in [0.1, 0.15) is 292 Å². The maximum atomic E-state index is 12.9. The summed E-state index contributed by atoms with van der Waals surface area (Å²) in [4.78, 5) is 72.0. The van der Waals surface area contributed by atoms with Crippen molar-refractivity contribution in [1.82, 2.24) is 0 Å². The lowest BCUT2D eigenvalue weighted by molar-refractivity contribution is -0.161. The molecule has 474 valence electrons. The fourth-order valence-corrected chi connectivity index (χ4v) is 10.5. The molecule has 3 N–H and O–H groups in total. The molecule has 0 aromatic heterocycles. The van der Waals surface area contributed by atoms with E-state index in [2.05, 4.69) is 48.5 Å². The van der Waals surface area contributed by atoms with Crippen LogP contribution in [0.25, 0.3) is 0 Å². The smallest absolute Gasteiger partial charge is 0.462 e. The Morgan fingerprint density at radius 2 is 0.637 bits per heavy atom. The number of hydrogen-bond donors (Lipinski definition) is 3. The maximum absolute atomic E-state index is 12.9. The Morgan fingerprint density at radius 1 is 0.362 bits per heavy atom. The monoisotopic (exact) mass is 1180 g/mol. The van der Waals surface area contributed by atoms with Gasteiger partial charge in [-0.25, -0.2) is 9.13 Å². The standard InChI is InChI=1S/C61H118O17P2/c1-8-10-11-12-13-14-15-16-17-18-30-37-44-60(65)77-56(48-72-59(64)43-36-29-24-21-27-34-41-54(7)9-2)50-75-79(67,68)73-46-55(62)47-74-80(69,70)76-51-57(78-61(66)45-38-31-23-20-26-33-40-53(5)6)49-71-58(63)42-35-28-22-19-25-32-39-52(3)4/h52-57,62H,8-51H2,1-7H3,(H,67,68)(H,69,70)/t54?,55-,56-,57-/m1/s1. The average molecular weight is 1190 g/mol. The van der Waals surface area contributed by atoms with Gasteiger partial charge in [-0.15, -0.1) is 0 Å². The van der Waals surface area contributed by atoms with Gasteiger partial charge in [-0.1, -0.05) is 241 Å². The molecular weight excluding hydrogens is 1070 g/mol. The van der Waals surface area contributed by atoms with Crippen molar-refractivity contribution in [2.45, 2.75) is 311 Å². The van der Waals surface area contributed by atoms with Crippen molar-refractivity contribution in [1.29, 1.82) is 0 Å². The topological polar surface area (TPSA) is 237 Å². The van der Waals surface area contributed by atoms with E-state index in [1.165, 1.54) is 89.9 Å². The summed E-state index contributed by atoms with van der Waals surface area (Å²) in [6.07, 6.45) is 32.4. The molecule has 19 heteroatoms. The van der Waals surface area contributed by atoms with E-state index in [1.54, 1.807) is 0 Å². The van der Waals surface area contributed by atoms with Crippen molar-refractivity contribution in [2.75, 3.05) is 39.6 Å². The molecule has 0 aliphatic carbocycles. The second-order valence-corrected chi connectivity index (χ2v) is 26.2. The molecule has 0 aliphatic heterocycles. The number of esters is 4. The van der Waals surface area contributed by atoms with E-state index in [0.717, 1.165) is 109 Å². The molecule has 0 saturated carbocycles. The molecule has 0 aliphatic rings. The highest BCUT2D eigenvalue weighted by Crippen LogP contribution is 2.45. The van der Waals surface area contributed by atoms with E-state index in [0.29, 0.717) is 37.5 Å². The molecule has 0 fully saturated rings. The number of aliphatic hydroxyl groups excluding tert-OH is 1. The molecule has 3 unspecified atom stereocenters. The minimum absolute atomic E-state index is 0.101. The molecule has 0 radical (unpaired) electrons. The lowest BCUT2D eigenvalue weighted by Crippen LogP contribution is -2.30. The molecule has 0 aromatic rings. The van der Waals surface area contributed by atoms with Crippen LogP contribution in [0, 0.1) is 17.8 Å². The summed E-state index contributed by atoms with van der Waals surface area (Å²) in [5.41, 5.74) is 0. The molecule has 0 spiro atoms. The Bertz CT molecular complexity index is 1600. The van der Waals surface area contributed by atoms with Crippen molar-refractivity contribution in [3.8, 4) is 0 Å². The molecule has 0 saturated heterocycles. The predicted octanol–water partition coefficient (Wildman–Crippen LogP) is 16.3. The lowest BCUT2D eigenvalue weighted by atomic mass is 10.00. The third kappa shape index (κ3) is 54.0. The number of ether oxygens (including phenoxy) is 4. The lowest BCUT2D eigenvalue weighted by Gasteiger charge is -2.21. The second kappa shape index (κ2) is 52.6. The highest BCUT2D eigenvalue weighted by Gasteiger charge is 2.30. The summed E-state index contributed by atoms with van der Waals surface area (Å²) >= 11 is 0. The van der Waals surface area contributed by atoms with Gasteiger partial charge in [0.2, 0.25) is 0 Å². The third-order valence-electron chi connectivity index (χ3n) is 14.2. The van der Waals surface area contributed by atoms with Gasteiger partial charge in [0.05, 0.1) is 26.4 Å². The van der Waals surface area contributed by atoms with E-state index in [4.69, 9.17) is 37.0 Å². The first kappa shape index (κ1) is 78.1. The first-order chi connectivity index (χ1) is 38.3. The van der Waals surface area contributed by atoms with E-state index in [9.17, 15) is 43.2 Å². The Morgan fingerprint density at radius 3 is 0.950 bits per heavy atom. The second-order valence-electron chi connectivity index (χ2n) is 23.3. The van der Waals surface area contributed by atoms with Gasteiger partial charge in [-0.05, 0) is 43.4 Å². The van der Waals surface area contributed by atoms with Crippen LogP contribution in [-0.2, 0) is 65.4 Å². The highest BCUT2D eigenvalue weighted by atomic mass is 31.2. The van der Waals surface area contributed by atoms with E-state index in [-0.39, 0.29) is 25.7 Å². The number of carbonyl (C=O) groups excluding carboxylic acids is 4. The van der Waals surface area contributed by atoms with Gasteiger partial charge in [0.15, 0.2) is 12.2 Å². The van der Waals surface area contributed by atoms with E-state index in [1.807, 2.05) is 0 Å². The number of phosphoric ester groups is 2. The van der Waals surface area contributed by atoms with Gasteiger partial charge in [-0.2, -0.15) is 0 Å². The first-order valence-electron chi connectivity index (χ1n) is 31.9. The van der Waals surface area contributed by atoms with Gasteiger partial charge >= 0.3 is 39.5 Å². The molecule has 0 amide bonds. The zero-order valence-electron chi connectivity index (χ0n) is 51.5. The van der Waals surface area contributed by atoms with Crippen LogP contribution in [0.15, 0.2) is 0 Å². The predicted molar refractivity (Wildman–Crippen MR) is 317 cm³/mol. The number of carbonyl (C=O) groups is 4. The van der Waals surface area contributed by atoms with Crippen LogP contribution in [-0.4, -0.2) is 96.7 Å². The fourth-order valence-electron chi connectivity index (χ4n) is 8.92. The summed E-state index contributed by atoms with van der Waals surface area (Å²) in [5, 5.41) is 10.5. The molecule has 80 heavy (non-hydrogen) atoms. The fraction of sp³-hybridized carbons (Fsp3) is 0.934. The summed E-state index contributed by atoms with van der Waals surface area (Å²) in [7, 11) is -9.88. The quantitative estimate of drug-likeness (QED) is 0.0222. The van der Waals surface area contributed by atoms with Crippen molar-refractivity contribution >= 4 is 39.5 Å². The Labute approximate surface area is 486 Å².